The smallest absolute Gasteiger partial charge is 0.256 e. The first-order chi connectivity index (χ1) is 10.6. The number of nitrogen functional groups attached to an aromatic ring is 1. The number of nitrogens with two attached hydrogens (primary N) is 1. The molecule has 0 aliphatic carbocycles. The lowest BCUT2D eigenvalue weighted by Gasteiger charge is -2.43. The lowest BCUT2D eigenvalue weighted by atomic mass is 10.1. The number of anilines is 1. The molecular formula is C15H20ClN3O2S. The summed E-state index contributed by atoms with van der Waals surface area (Å²) in [6, 6.07) is 3.16. The van der Waals surface area contributed by atoms with Crippen LogP contribution in [0.4, 0.5) is 5.69 Å². The highest BCUT2D eigenvalue weighted by Crippen LogP contribution is 2.31. The Hall–Kier alpha value is -1.11. The van der Waals surface area contributed by atoms with Crippen LogP contribution in [0.1, 0.15) is 23.2 Å². The molecule has 0 spiro atoms. The van der Waals surface area contributed by atoms with Gasteiger partial charge in [0.15, 0.2) is 0 Å². The zero-order valence-electron chi connectivity index (χ0n) is 12.5. The molecule has 0 aromatic heterocycles. The van der Waals surface area contributed by atoms with Gasteiger partial charge in [0.1, 0.15) is 5.75 Å². The molecule has 2 bridgehead atoms. The second-order valence-electron chi connectivity index (χ2n) is 5.66. The number of amides is 1. The maximum absolute atomic E-state index is 12.6. The standard InChI is InChI=1S/C15H20ClN3O2S/c1-21-13-6-12(17)11(16)5-10(13)15(20)18-14-8-22-9-3-2-4-19(14)7-9/h5-6,9,14H,2-4,7-8,17H2,1H3,(H,18,20). The van der Waals surface area contributed by atoms with Crippen molar-refractivity contribution in [1.29, 1.82) is 0 Å². The number of ether oxygens (including phenoxy) is 1. The third-order valence-corrected chi connectivity index (χ3v) is 5.89. The van der Waals surface area contributed by atoms with Gasteiger partial charge in [-0.3, -0.25) is 9.69 Å². The minimum Gasteiger partial charge on any atom is -0.496 e. The van der Waals surface area contributed by atoms with Gasteiger partial charge >= 0.3 is 0 Å². The van der Waals surface area contributed by atoms with E-state index in [1.807, 2.05) is 11.8 Å². The second kappa shape index (κ2) is 6.56. The molecule has 0 saturated carbocycles. The number of hydrogen-bond acceptors (Lipinski definition) is 5. The molecule has 3 unspecified atom stereocenters. The van der Waals surface area contributed by atoms with Crippen molar-refractivity contribution in [2.45, 2.75) is 24.3 Å². The van der Waals surface area contributed by atoms with Crippen molar-refractivity contribution in [2.24, 2.45) is 0 Å². The zero-order valence-corrected chi connectivity index (χ0v) is 14.0. The van der Waals surface area contributed by atoms with Crippen molar-refractivity contribution in [3.05, 3.63) is 22.7 Å². The van der Waals surface area contributed by atoms with Gasteiger partial charge in [-0.2, -0.15) is 11.8 Å². The fourth-order valence-corrected chi connectivity index (χ4v) is 4.54. The Balaban J connectivity index is 1.75. The Kier molecular flexibility index (Phi) is 4.70. The number of piperidine rings is 1. The van der Waals surface area contributed by atoms with Crippen molar-refractivity contribution in [3.8, 4) is 5.75 Å². The van der Waals surface area contributed by atoms with Crippen LogP contribution < -0.4 is 15.8 Å². The third-order valence-electron chi connectivity index (χ3n) is 4.20. The van der Waals surface area contributed by atoms with Crippen molar-refractivity contribution >= 4 is 35.0 Å². The normalized spacial score (nSPS) is 27.3. The summed E-state index contributed by atoms with van der Waals surface area (Å²) in [6.07, 6.45) is 2.54. The number of rotatable bonds is 3. The number of methoxy groups -OCH3 is 1. The Morgan fingerprint density at radius 2 is 2.36 bits per heavy atom. The van der Waals surface area contributed by atoms with Crippen LogP contribution >= 0.6 is 23.4 Å². The number of carbonyl (C=O) groups is 1. The molecule has 2 heterocycles. The molecule has 22 heavy (non-hydrogen) atoms. The predicted molar refractivity (Wildman–Crippen MR) is 90.7 cm³/mol. The topological polar surface area (TPSA) is 67.6 Å². The lowest BCUT2D eigenvalue weighted by molar-refractivity contribution is 0.0833. The average molecular weight is 342 g/mol. The minimum absolute atomic E-state index is 0.0649. The van der Waals surface area contributed by atoms with Gasteiger partial charge in [0, 0.05) is 30.2 Å². The van der Waals surface area contributed by atoms with E-state index in [1.54, 1.807) is 12.1 Å². The van der Waals surface area contributed by atoms with Crippen LogP contribution in [-0.4, -0.2) is 48.2 Å². The maximum Gasteiger partial charge on any atom is 0.256 e. The quantitative estimate of drug-likeness (QED) is 0.825. The van der Waals surface area contributed by atoms with Gasteiger partial charge in [0.05, 0.1) is 29.5 Å². The number of nitrogens with one attached hydrogen (secondary N) is 1. The first kappa shape index (κ1) is 15.8. The van der Waals surface area contributed by atoms with Crippen molar-refractivity contribution in [1.82, 2.24) is 10.2 Å². The second-order valence-corrected chi connectivity index (χ2v) is 7.40. The molecule has 2 aliphatic heterocycles. The summed E-state index contributed by atoms with van der Waals surface area (Å²) in [6.45, 7) is 2.09. The number of hydrogen-bond donors (Lipinski definition) is 2. The fraction of sp³-hybridized carbons (Fsp3) is 0.533. The van der Waals surface area contributed by atoms with Gasteiger partial charge in [0.2, 0.25) is 0 Å². The van der Waals surface area contributed by atoms with E-state index < -0.39 is 0 Å². The van der Waals surface area contributed by atoms with E-state index in [-0.39, 0.29) is 12.1 Å². The average Bonchev–Trinajstić information content (AvgIpc) is 2.52. The molecule has 1 aromatic rings. The Bertz CT molecular complexity index is 584. The summed E-state index contributed by atoms with van der Waals surface area (Å²) in [5.74, 6) is 1.19. The van der Waals surface area contributed by atoms with E-state index >= 15 is 0 Å². The highest BCUT2D eigenvalue weighted by molar-refractivity contribution is 8.00. The Labute approximate surface area is 139 Å². The SMILES string of the molecule is COc1cc(N)c(Cl)cc1C(=O)NC1CSC2CCCN1C2. The molecule has 120 valence electrons. The third kappa shape index (κ3) is 3.14. The molecule has 1 amide bonds. The van der Waals surface area contributed by atoms with E-state index in [9.17, 15) is 4.79 Å². The molecule has 2 aliphatic rings. The van der Waals surface area contributed by atoms with Crippen molar-refractivity contribution < 1.29 is 9.53 Å². The molecule has 1 aromatic carbocycles. The number of thioether (sulfide) groups is 1. The molecule has 5 nitrogen and oxygen atoms in total. The number of fused-ring (bicyclic) bond motifs is 2. The minimum atomic E-state index is -0.173. The molecule has 7 heteroatoms. The van der Waals surface area contributed by atoms with Gasteiger partial charge in [-0.25, -0.2) is 0 Å². The molecule has 2 fully saturated rings. The van der Waals surface area contributed by atoms with E-state index in [4.69, 9.17) is 22.1 Å². The van der Waals surface area contributed by atoms with Crippen LogP contribution in [0.2, 0.25) is 5.02 Å². The van der Waals surface area contributed by atoms with Crippen LogP contribution in [0.3, 0.4) is 0 Å². The molecule has 3 N–H and O–H groups in total. The largest absolute Gasteiger partial charge is 0.496 e. The van der Waals surface area contributed by atoms with Crippen LogP contribution in [-0.2, 0) is 0 Å². The Morgan fingerprint density at radius 1 is 1.55 bits per heavy atom. The van der Waals surface area contributed by atoms with Crippen LogP contribution in [0, 0.1) is 0 Å². The van der Waals surface area contributed by atoms with Crippen molar-refractivity contribution in [2.75, 3.05) is 31.7 Å². The van der Waals surface area contributed by atoms with Gasteiger partial charge in [-0.15, -0.1) is 0 Å². The fourth-order valence-electron chi connectivity index (χ4n) is 3.00. The summed E-state index contributed by atoms with van der Waals surface area (Å²) in [5.41, 5.74) is 6.59. The molecular weight excluding hydrogens is 322 g/mol. The van der Waals surface area contributed by atoms with Crippen LogP contribution in [0.15, 0.2) is 12.1 Å². The molecule has 2 saturated heterocycles. The first-order valence-electron chi connectivity index (χ1n) is 7.38. The summed E-state index contributed by atoms with van der Waals surface area (Å²) < 4.78 is 5.25. The summed E-state index contributed by atoms with van der Waals surface area (Å²) >= 11 is 7.98. The van der Waals surface area contributed by atoms with Crippen molar-refractivity contribution in [3.63, 3.8) is 0 Å². The molecule has 3 rings (SSSR count). The van der Waals surface area contributed by atoms with Crippen LogP contribution in [0.25, 0.3) is 0 Å². The molecule has 3 atom stereocenters. The van der Waals surface area contributed by atoms with Gasteiger partial charge in [-0.05, 0) is 18.9 Å². The summed E-state index contributed by atoms with van der Waals surface area (Å²) in [7, 11) is 1.52. The predicted octanol–water partition coefficient (Wildman–Crippen LogP) is 2.20. The van der Waals surface area contributed by atoms with Gasteiger partial charge in [-0.1, -0.05) is 11.6 Å². The highest BCUT2D eigenvalue weighted by Gasteiger charge is 2.33. The van der Waals surface area contributed by atoms with E-state index in [0.717, 1.165) is 18.8 Å². The van der Waals surface area contributed by atoms with Gasteiger partial charge < -0.3 is 15.8 Å². The lowest BCUT2D eigenvalue weighted by Crippen LogP contribution is -2.57. The van der Waals surface area contributed by atoms with Crippen LogP contribution in [0.5, 0.6) is 5.75 Å². The van der Waals surface area contributed by atoms with E-state index in [0.29, 0.717) is 27.3 Å². The number of benzene rings is 1. The first-order valence-corrected chi connectivity index (χ1v) is 8.80. The number of halogens is 1. The zero-order chi connectivity index (χ0) is 15.7. The Morgan fingerprint density at radius 3 is 3.14 bits per heavy atom. The summed E-state index contributed by atoms with van der Waals surface area (Å²) in [5, 5.41) is 4.17. The molecule has 0 radical (unpaired) electrons. The van der Waals surface area contributed by atoms with E-state index in [2.05, 4.69) is 10.2 Å². The highest BCUT2D eigenvalue weighted by atomic mass is 35.5. The van der Waals surface area contributed by atoms with Gasteiger partial charge in [0.25, 0.3) is 5.91 Å². The van der Waals surface area contributed by atoms with E-state index in [1.165, 1.54) is 20.0 Å². The summed E-state index contributed by atoms with van der Waals surface area (Å²) in [4.78, 5) is 14.9. The maximum atomic E-state index is 12.6. The monoisotopic (exact) mass is 341 g/mol. The number of carbonyl (C=O) groups excluding carboxylic acids is 1. The number of nitrogens with zero attached hydrogens (tertiary/aromatic N) is 1.